The van der Waals surface area contributed by atoms with Gasteiger partial charge in [-0.1, -0.05) is 13.8 Å². The van der Waals surface area contributed by atoms with Gasteiger partial charge in [0.1, 0.15) is 5.75 Å². The molecule has 0 heterocycles. The van der Waals surface area contributed by atoms with E-state index in [2.05, 4.69) is 5.32 Å². The maximum atomic E-state index is 11.5. The molecular weight excluding hydrogens is 228 g/mol. The Labute approximate surface area is 97.7 Å². The van der Waals surface area contributed by atoms with Gasteiger partial charge >= 0.3 is 0 Å². The number of nitrogens with one attached hydrogen (secondary N) is 1. The van der Waals surface area contributed by atoms with Gasteiger partial charge in [0.25, 0.3) is 0 Å². The minimum atomic E-state index is -3.27. The van der Waals surface area contributed by atoms with Crippen molar-refractivity contribution in [2.75, 3.05) is 24.6 Å². The van der Waals surface area contributed by atoms with Crippen LogP contribution in [0.25, 0.3) is 0 Å². The van der Waals surface area contributed by atoms with Gasteiger partial charge < -0.3 is 11.1 Å². The van der Waals surface area contributed by atoms with E-state index in [0.29, 0.717) is 31.8 Å². The zero-order chi connectivity index (χ0) is 12.6. The molecule has 0 bridgehead atoms. The van der Waals surface area contributed by atoms with E-state index in [9.17, 15) is 13.2 Å². The Hall–Kier alpha value is -0.620. The highest BCUT2D eigenvalue weighted by molar-refractivity contribution is 7.92. The third-order valence-electron chi connectivity index (χ3n) is 1.97. The highest BCUT2D eigenvalue weighted by Gasteiger charge is 2.15. The second kappa shape index (κ2) is 7.62. The van der Waals surface area contributed by atoms with Crippen molar-refractivity contribution in [1.82, 2.24) is 5.32 Å². The largest absolute Gasteiger partial charge is 0.355 e. The molecule has 0 aromatic heterocycles. The molecule has 0 atom stereocenters. The van der Waals surface area contributed by atoms with Gasteiger partial charge in [-0.3, -0.25) is 4.79 Å². The average Bonchev–Trinajstić information content (AvgIpc) is 2.14. The summed E-state index contributed by atoms with van der Waals surface area (Å²) < 4.78 is 22.9. The van der Waals surface area contributed by atoms with Crippen LogP contribution in [0.1, 0.15) is 26.7 Å². The minimum absolute atomic E-state index is 0.0410. The first-order valence-corrected chi connectivity index (χ1v) is 7.36. The number of hydrogen-bond donors (Lipinski definition) is 2. The first kappa shape index (κ1) is 15.4. The van der Waals surface area contributed by atoms with E-state index in [0.717, 1.165) is 0 Å². The number of rotatable bonds is 8. The van der Waals surface area contributed by atoms with Crippen LogP contribution in [0.15, 0.2) is 0 Å². The van der Waals surface area contributed by atoms with Crippen molar-refractivity contribution >= 4 is 15.7 Å². The third kappa shape index (κ3) is 8.67. The molecule has 0 saturated heterocycles. The second-order valence-electron chi connectivity index (χ2n) is 4.29. The molecular formula is C10H22N2O3S. The number of carbonyl (C=O) groups excluding carboxylic acids is 1. The molecule has 0 aliphatic carbocycles. The van der Waals surface area contributed by atoms with Crippen molar-refractivity contribution in [3.63, 3.8) is 0 Å². The molecule has 0 aliphatic rings. The Balaban J connectivity index is 3.91. The van der Waals surface area contributed by atoms with E-state index in [4.69, 9.17) is 5.73 Å². The number of sulfone groups is 1. The predicted octanol–water partition coefficient (Wildman–Crippen LogP) is -0.0877. The van der Waals surface area contributed by atoms with Gasteiger partial charge in [0, 0.05) is 6.54 Å². The number of nitrogens with two attached hydrogens (primary N) is 1. The monoisotopic (exact) mass is 250 g/mol. The number of unbranched alkanes of at least 4 members (excludes halogenated alkanes) is 1. The zero-order valence-corrected chi connectivity index (χ0v) is 10.8. The lowest BCUT2D eigenvalue weighted by Gasteiger charge is -2.08. The summed E-state index contributed by atoms with van der Waals surface area (Å²) in [6.45, 7) is 4.90. The van der Waals surface area contributed by atoms with Crippen molar-refractivity contribution in [2.45, 2.75) is 26.7 Å². The van der Waals surface area contributed by atoms with E-state index in [1.54, 1.807) is 0 Å². The summed E-state index contributed by atoms with van der Waals surface area (Å²) in [4.78, 5) is 11.3. The standard InChI is InChI=1S/C10H22N2O3S/c1-9(2)7-12-10(13)8-16(14,15)6-4-3-5-11/h9H,3-8,11H2,1-2H3,(H,12,13). The van der Waals surface area contributed by atoms with Crippen LogP contribution in [0.4, 0.5) is 0 Å². The Morgan fingerprint density at radius 3 is 2.44 bits per heavy atom. The Morgan fingerprint density at radius 2 is 1.94 bits per heavy atom. The van der Waals surface area contributed by atoms with Crippen LogP contribution in [0.5, 0.6) is 0 Å². The molecule has 16 heavy (non-hydrogen) atoms. The Kier molecular flexibility index (Phi) is 7.33. The lowest BCUT2D eigenvalue weighted by Crippen LogP contribution is -2.33. The molecule has 3 N–H and O–H groups in total. The first-order chi connectivity index (χ1) is 7.37. The smallest absolute Gasteiger partial charge is 0.235 e. The maximum absolute atomic E-state index is 11.5. The molecule has 0 aliphatic heterocycles. The molecule has 0 aromatic rings. The molecule has 96 valence electrons. The molecule has 6 heteroatoms. The lowest BCUT2D eigenvalue weighted by molar-refractivity contribution is -0.118. The molecule has 0 fully saturated rings. The van der Waals surface area contributed by atoms with Gasteiger partial charge in [-0.25, -0.2) is 8.42 Å². The van der Waals surface area contributed by atoms with Crippen molar-refractivity contribution in [2.24, 2.45) is 11.7 Å². The average molecular weight is 250 g/mol. The van der Waals surface area contributed by atoms with Crippen LogP contribution >= 0.6 is 0 Å². The van der Waals surface area contributed by atoms with Crippen LogP contribution in [0.3, 0.4) is 0 Å². The SMILES string of the molecule is CC(C)CNC(=O)CS(=O)(=O)CCCCN. The molecule has 0 spiro atoms. The van der Waals surface area contributed by atoms with E-state index in [1.165, 1.54) is 0 Å². The lowest BCUT2D eigenvalue weighted by atomic mass is 10.2. The minimum Gasteiger partial charge on any atom is -0.355 e. The summed E-state index contributed by atoms with van der Waals surface area (Å²) in [7, 11) is -3.27. The molecule has 0 radical (unpaired) electrons. The molecule has 0 saturated carbocycles. The van der Waals surface area contributed by atoms with Crippen LogP contribution in [0.2, 0.25) is 0 Å². The fraction of sp³-hybridized carbons (Fsp3) is 0.900. The maximum Gasteiger partial charge on any atom is 0.235 e. The molecule has 0 unspecified atom stereocenters. The molecule has 0 rings (SSSR count). The Bertz CT molecular complexity index is 299. The number of hydrogen-bond acceptors (Lipinski definition) is 4. The highest BCUT2D eigenvalue weighted by atomic mass is 32.2. The molecule has 0 aromatic carbocycles. The van der Waals surface area contributed by atoms with Crippen LogP contribution in [-0.4, -0.2) is 38.9 Å². The fourth-order valence-electron chi connectivity index (χ4n) is 1.11. The van der Waals surface area contributed by atoms with E-state index < -0.39 is 21.5 Å². The van der Waals surface area contributed by atoms with Gasteiger partial charge in [-0.2, -0.15) is 0 Å². The first-order valence-electron chi connectivity index (χ1n) is 5.54. The van der Waals surface area contributed by atoms with E-state index in [-0.39, 0.29) is 5.75 Å². The Morgan fingerprint density at radius 1 is 1.31 bits per heavy atom. The second-order valence-corrected chi connectivity index (χ2v) is 6.47. The summed E-state index contributed by atoms with van der Waals surface area (Å²) in [5, 5.41) is 2.59. The van der Waals surface area contributed by atoms with Crippen molar-refractivity contribution in [3.05, 3.63) is 0 Å². The highest BCUT2D eigenvalue weighted by Crippen LogP contribution is 1.97. The van der Waals surface area contributed by atoms with Gasteiger partial charge in [0.05, 0.1) is 5.75 Å². The van der Waals surface area contributed by atoms with E-state index >= 15 is 0 Å². The summed E-state index contributed by atoms with van der Waals surface area (Å²) in [5.74, 6) is -0.464. The van der Waals surface area contributed by atoms with E-state index in [1.807, 2.05) is 13.8 Å². The fourth-order valence-corrected chi connectivity index (χ4v) is 2.40. The molecule has 1 amide bonds. The number of carbonyl (C=O) groups is 1. The topological polar surface area (TPSA) is 89.3 Å². The van der Waals surface area contributed by atoms with Crippen molar-refractivity contribution < 1.29 is 13.2 Å². The van der Waals surface area contributed by atoms with Crippen LogP contribution in [0, 0.1) is 5.92 Å². The summed E-state index contributed by atoms with van der Waals surface area (Å²) in [6, 6.07) is 0. The summed E-state index contributed by atoms with van der Waals surface area (Å²) >= 11 is 0. The van der Waals surface area contributed by atoms with Crippen molar-refractivity contribution in [3.8, 4) is 0 Å². The zero-order valence-electron chi connectivity index (χ0n) is 10.0. The summed E-state index contributed by atoms with van der Waals surface area (Å²) in [6.07, 6.45) is 1.20. The summed E-state index contributed by atoms with van der Waals surface area (Å²) in [5.41, 5.74) is 5.27. The van der Waals surface area contributed by atoms with Gasteiger partial charge in [0.2, 0.25) is 5.91 Å². The molecule has 5 nitrogen and oxygen atoms in total. The van der Waals surface area contributed by atoms with Gasteiger partial charge in [0.15, 0.2) is 9.84 Å². The normalized spacial score (nSPS) is 11.8. The van der Waals surface area contributed by atoms with Crippen LogP contribution in [-0.2, 0) is 14.6 Å². The number of amides is 1. The quantitative estimate of drug-likeness (QED) is 0.589. The van der Waals surface area contributed by atoms with Crippen LogP contribution < -0.4 is 11.1 Å². The third-order valence-corrected chi connectivity index (χ3v) is 3.58. The van der Waals surface area contributed by atoms with Gasteiger partial charge in [-0.05, 0) is 25.3 Å². The van der Waals surface area contributed by atoms with Crippen molar-refractivity contribution in [1.29, 1.82) is 0 Å². The predicted molar refractivity (Wildman–Crippen MR) is 64.8 cm³/mol. The van der Waals surface area contributed by atoms with Gasteiger partial charge in [-0.15, -0.1) is 0 Å².